The van der Waals surface area contributed by atoms with E-state index in [4.69, 9.17) is 20.5 Å². The molecule has 0 unspecified atom stereocenters. The summed E-state index contributed by atoms with van der Waals surface area (Å²) in [7, 11) is 0. The predicted molar refractivity (Wildman–Crippen MR) is 137 cm³/mol. The molecule has 0 saturated carbocycles. The van der Waals surface area contributed by atoms with E-state index in [1.165, 1.54) is 17.1 Å². The number of hydrogen-bond acceptors (Lipinski definition) is 9. The Morgan fingerprint density at radius 2 is 1.95 bits per heavy atom. The third-order valence-electron chi connectivity index (χ3n) is 6.02. The maximum atomic E-state index is 12.4. The average molecular weight is 527 g/mol. The van der Waals surface area contributed by atoms with Crippen LogP contribution in [0.4, 0.5) is 5.82 Å². The van der Waals surface area contributed by atoms with Gasteiger partial charge in [0.2, 0.25) is 0 Å². The number of aliphatic hydroxyl groups excluding tert-OH is 2. The summed E-state index contributed by atoms with van der Waals surface area (Å²) in [5.41, 5.74) is 4.32. The molecule has 0 spiro atoms. The number of nitrogens with one attached hydrogen (secondary N) is 2. The molecule has 4 aromatic rings. The summed E-state index contributed by atoms with van der Waals surface area (Å²) in [6, 6.07) is 7.82. The number of ether oxygens (including phenoxy) is 1. The lowest BCUT2D eigenvalue weighted by Crippen LogP contribution is -2.41. The van der Waals surface area contributed by atoms with E-state index in [0.29, 0.717) is 28.5 Å². The van der Waals surface area contributed by atoms with Crippen molar-refractivity contribution in [2.45, 2.75) is 44.9 Å². The Hall–Kier alpha value is -3.64. The number of pyridine rings is 1. The first-order chi connectivity index (χ1) is 18.9. The Morgan fingerprint density at radius 3 is 2.68 bits per heavy atom. The molecule has 0 radical (unpaired) electrons. The fraction of sp³-hybridized carbons (Fsp3) is 0.320. The van der Waals surface area contributed by atoms with Crippen molar-refractivity contribution < 1.29 is 23.9 Å². The van der Waals surface area contributed by atoms with E-state index < -0.39 is 37.4 Å². The van der Waals surface area contributed by atoms with Gasteiger partial charge >= 0.3 is 0 Å². The van der Waals surface area contributed by atoms with Crippen LogP contribution in [0.3, 0.4) is 0 Å². The molecule has 12 heteroatoms. The lowest BCUT2D eigenvalue weighted by Gasteiger charge is -2.17. The maximum Gasteiger partial charge on any atom is 0.251 e. The number of fused-ring (bicyclic) bond motifs is 1. The van der Waals surface area contributed by atoms with E-state index >= 15 is 0 Å². The molecule has 4 heterocycles. The molecule has 4 atom stereocenters. The second kappa shape index (κ2) is 10.0. The van der Waals surface area contributed by atoms with Crippen LogP contribution in [0.1, 0.15) is 27.0 Å². The topological polar surface area (TPSA) is 147 Å². The summed E-state index contributed by atoms with van der Waals surface area (Å²) < 4.78 is 28.8. The molecule has 1 amide bonds. The van der Waals surface area contributed by atoms with Gasteiger partial charge in [-0.2, -0.15) is 0 Å². The summed E-state index contributed by atoms with van der Waals surface area (Å²) in [5.74, 6) is -0.464. The van der Waals surface area contributed by atoms with E-state index in [1.807, 2.05) is 26.0 Å². The highest BCUT2D eigenvalue weighted by Crippen LogP contribution is 2.34. The van der Waals surface area contributed by atoms with E-state index in [9.17, 15) is 15.0 Å². The van der Waals surface area contributed by atoms with Gasteiger partial charge in [0.05, 0.1) is 11.3 Å². The smallest absolute Gasteiger partial charge is 0.251 e. The number of likely N-dealkylation sites (N-methyl/N-ethyl adjacent to an activating group) is 1. The van der Waals surface area contributed by atoms with E-state index in [2.05, 4.69) is 31.3 Å². The molecule has 0 bridgehead atoms. The fourth-order valence-corrected chi connectivity index (χ4v) is 4.60. The van der Waals surface area contributed by atoms with Crippen LogP contribution in [-0.2, 0) is 16.1 Å². The monoisotopic (exact) mass is 526 g/mol. The molecule has 4 N–H and O–H groups in total. The van der Waals surface area contributed by atoms with Gasteiger partial charge in [-0.3, -0.25) is 14.3 Å². The number of aryl methyl sites for hydroxylation is 2. The van der Waals surface area contributed by atoms with Gasteiger partial charge in [-0.15, -0.1) is 0 Å². The zero-order valence-electron chi connectivity index (χ0n) is 22.9. The molecule has 0 aliphatic carbocycles. The first-order valence-corrected chi connectivity index (χ1v) is 11.8. The molecule has 1 aliphatic rings. The van der Waals surface area contributed by atoms with Crippen molar-refractivity contribution in [3.05, 3.63) is 64.7 Å². The van der Waals surface area contributed by atoms with Crippen molar-refractivity contribution in [3.63, 3.8) is 0 Å². The zero-order valence-corrected chi connectivity index (χ0v) is 20.6. The third-order valence-corrected chi connectivity index (χ3v) is 6.23. The minimum atomic E-state index is -2.80. The number of anilines is 1. The standard InChI is InChI=1S/C25H26ClN7O4/c1-12-4-13(2)6-14(5-12)8-29-22-17-23(32-21(31-22)15-7-16(26)10-28-9-15)33(11-30-17)25-19(35)18(34)20(37-25)24(36)27-3/h4-7,9-11,18-20,25,34-35H,8H2,1-3H3,(H,27,36)(H,29,31,32)/t18-,19+,20-,25+/m0/s1/i3D3. The van der Waals surface area contributed by atoms with E-state index in [1.54, 1.807) is 17.6 Å². The number of halogens is 1. The minimum absolute atomic E-state index is 0.223. The molecule has 3 aromatic heterocycles. The summed E-state index contributed by atoms with van der Waals surface area (Å²) >= 11 is 6.15. The van der Waals surface area contributed by atoms with Crippen molar-refractivity contribution in [2.24, 2.45) is 0 Å². The van der Waals surface area contributed by atoms with Crippen LogP contribution in [0, 0.1) is 13.8 Å². The molecule has 1 fully saturated rings. The molecule has 37 heavy (non-hydrogen) atoms. The molecule has 1 aliphatic heterocycles. The number of nitrogens with zero attached hydrogens (tertiary/aromatic N) is 5. The van der Waals surface area contributed by atoms with Crippen molar-refractivity contribution in [1.82, 2.24) is 29.8 Å². The highest BCUT2D eigenvalue weighted by Gasteiger charge is 2.47. The quantitative estimate of drug-likeness (QED) is 0.296. The number of imidazole rings is 1. The molecule has 192 valence electrons. The van der Waals surface area contributed by atoms with Crippen LogP contribution >= 0.6 is 11.6 Å². The molecule has 1 saturated heterocycles. The summed E-state index contributed by atoms with van der Waals surface area (Å²) in [4.78, 5) is 30.2. The predicted octanol–water partition coefficient (Wildman–Crippen LogP) is 2.14. The molecule has 11 nitrogen and oxygen atoms in total. The van der Waals surface area contributed by atoms with Crippen LogP contribution in [-0.4, -0.2) is 65.9 Å². The molecular weight excluding hydrogens is 498 g/mol. The van der Waals surface area contributed by atoms with Gasteiger partial charge in [-0.05, 0) is 25.5 Å². The lowest BCUT2D eigenvalue weighted by molar-refractivity contribution is -0.137. The van der Waals surface area contributed by atoms with Gasteiger partial charge in [0, 0.05) is 35.6 Å². The van der Waals surface area contributed by atoms with Crippen molar-refractivity contribution in [3.8, 4) is 11.4 Å². The van der Waals surface area contributed by atoms with Gasteiger partial charge in [0.25, 0.3) is 5.91 Å². The van der Waals surface area contributed by atoms with Gasteiger partial charge < -0.3 is 25.6 Å². The zero-order chi connectivity index (χ0) is 28.8. The van der Waals surface area contributed by atoms with Gasteiger partial charge in [0.15, 0.2) is 35.1 Å². The number of aliphatic hydroxyl groups is 2. The second-order valence-electron chi connectivity index (χ2n) is 8.88. The number of carbonyl (C=O) groups is 1. The molecule has 5 rings (SSSR count). The molecular formula is C25H26ClN7O4. The molecule has 1 aromatic carbocycles. The van der Waals surface area contributed by atoms with Crippen LogP contribution in [0.25, 0.3) is 22.6 Å². The first-order valence-electron chi connectivity index (χ1n) is 12.9. The lowest BCUT2D eigenvalue weighted by atomic mass is 10.1. The number of rotatable bonds is 6. The second-order valence-corrected chi connectivity index (χ2v) is 9.32. The Bertz CT molecular complexity index is 1560. The first kappa shape index (κ1) is 21.4. The minimum Gasteiger partial charge on any atom is -0.387 e. The van der Waals surface area contributed by atoms with Gasteiger partial charge in [-0.25, -0.2) is 15.0 Å². The maximum absolute atomic E-state index is 12.4. The SMILES string of the molecule is [2H]C([2H])([2H])NC(=O)[C@H]1O[C@@H](n2cnc3c(NCc4cc(C)cc(C)c4)nc(-c4cncc(Cl)c4)nc32)[C@H](O)[C@@H]1O. The van der Waals surface area contributed by atoms with Crippen LogP contribution < -0.4 is 10.6 Å². The number of benzene rings is 1. The highest BCUT2D eigenvalue weighted by molar-refractivity contribution is 6.30. The Balaban J connectivity index is 1.54. The number of carbonyl (C=O) groups excluding carboxylic acids is 1. The number of amides is 1. The van der Waals surface area contributed by atoms with Gasteiger partial charge in [0.1, 0.15) is 12.2 Å². The van der Waals surface area contributed by atoms with E-state index in [0.717, 1.165) is 16.7 Å². The van der Waals surface area contributed by atoms with Crippen molar-refractivity contribution in [2.75, 3.05) is 12.3 Å². The van der Waals surface area contributed by atoms with Crippen molar-refractivity contribution >= 4 is 34.5 Å². The van der Waals surface area contributed by atoms with E-state index in [-0.39, 0.29) is 11.5 Å². The van der Waals surface area contributed by atoms with Crippen LogP contribution in [0.2, 0.25) is 5.02 Å². The normalized spacial score (nSPS) is 22.9. The Labute approximate surface area is 221 Å². The summed E-state index contributed by atoms with van der Waals surface area (Å²) in [5, 5.41) is 26.7. The van der Waals surface area contributed by atoms with Crippen LogP contribution in [0.15, 0.2) is 43.0 Å². The van der Waals surface area contributed by atoms with Gasteiger partial charge in [-0.1, -0.05) is 40.9 Å². The highest BCUT2D eigenvalue weighted by atomic mass is 35.5. The third kappa shape index (κ3) is 4.86. The van der Waals surface area contributed by atoms with Crippen LogP contribution in [0.5, 0.6) is 0 Å². The Kier molecular flexibility index (Phi) is 5.81. The average Bonchev–Trinajstić information content (AvgIpc) is 3.41. The fourth-order valence-electron chi connectivity index (χ4n) is 4.42. The summed E-state index contributed by atoms with van der Waals surface area (Å²) in [6.07, 6.45) is -1.89. The van der Waals surface area contributed by atoms with Crippen molar-refractivity contribution in [1.29, 1.82) is 0 Å². The summed E-state index contributed by atoms with van der Waals surface area (Å²) in [6.45, 7) is 1.65. The number of hydrogen-bond donors (Lipinski definition) is 4. The number of aromatic nitrogens is 5. The Morgan fingerprint density at radius 1 is 1.16 bits per heavy atom. The largest absolute Gasteiger partial charge is 0.387 e.